The largest absolute Gasteiger partial charge is 0.530 e. The van der Waals surface area contributed by atoms with Crippen molar-refractivity contribution >= 4 is 30.7 Å². The van der Waals surface area contributed by atoms with E-state index in [2.05, 4.69) is 187 Å². The van der Waals surface area contributed by atoms with Crippen LogP contribution < -0.4 is 27.1 Å². The number of aryl methyl sites for hydroxylation is 6. The van der Waals surface area contributed by atoms with E-state index in [1.807, 2.05) is 0 Å². The van der Waals surface area contributed by atoms with Gasteiger partial charge in [0.1, 0.15) is 34.5 Å². The summed E-state index contributed by atoms with van der Waals surface area (Å²) in [4.78, 5) is 0. The highest BCUT2D eigenvalue weighted by atomic mass is 32.1. The predicted molar refractivity (Wildman–Crippen MR) is 437 cm³/mol. The monoisotopic (exact) mass is 1410 g/mol. The van der Waals surface area contributed by atoms with Gasteiger partial charge in [0.25, 0.3) is 0 Å². The fourth-order valence-corrected chi connectivity index (χ4v) is 14.6. The molecule has 0 fully saturated rings. The smallest absolute Gasteiger partial charge is 0.409 e. The van der Waals surface area contributed by atoms with Crippen LogP contribution in [0.15, 0.2) is 146 Å². The highest BCUT2D eigenvalue weighted by molar-refractivity contribution is 7.59. The van der Waals surface area contributed by atoms with E-state index in [1.165, 1.54) is 303 Å². The summed E-state index contributed by atoms with van der Waals surface area (Å²) in [5, 5.41) is 0. The molecule has 0 unspecified atom stereocenters. The van der Waals surface area contributed by atoms with Gasteiger partial charge in [-0.2, -0.15) is 13.5 Å². The van der Waals surface area contributed by atoms with Gasteiger partial charge in [-0.15, -0.1) is 0 Å². The van der Waals surface area contributed by atoms with Gasteiger partial charge in [-0.1, -0.05) is 345 Å². The first-order chi connectivity index (χ1) is 48.4. The molecule has 0 bridgehead atoms. The van der Waals surface area contributed by atoms with Gasteiger partial charge < -0.3 is 27.1 Å². The lowest BCUT2D eigenvalue weighted by atomic mass is 10.0. The van der Waals surface area contributed by atoms with Crippen molar-refractivity contribution in [3.05, 3.63) is 179 Å². The molecule has 0 saturated carbocycles. The molecule has 0 radical (unpaired) electrons. The zero-order valence-corrected chi connectivity index (χ0v) is 66.4. The lowest BCUT2D eigenvalue weighted by molar-refractivity contribution is 0.387. The average Bonchev–Trinajstić information content (AvgIpc) is 1.08. The maximum absolute atomic E-state index is 6.38. The van der Waals surface area contributed by atoms with Crippen LogP contribution in [0.2, 0.25) is 0 Å². The van der Waals surface area contributed by atoms with Gasteiger partial charge >= 0.3 is 17.2 Å². The zero-order chi connectivity index (χ0) is 69.2. The Balaban J connectivity index is 0.000000416. The van der Waals surface area contributed by atoms with Crippen molar-refractivity contribution < 1.29 is 27.1 Å². The standard InChI is InChI=1S/2C45H69O3P.H2S/c2*1-4-7-10-13-16-19-22-25-40-28-34-43(35-29-40)46-49(47-44-36-30-41(31-37-44)26-23-20-17-14-11-8-5-2)48-45-38-32-42(33-39-45)27-24-21-18-15-12-9-6-3;/h2*28-39H,4-27H2,1-3H3;1H2. The van der Waals surface area contributed by atoms with Crippen LogP contribution in [0.5, 0.6) is 34.5 Å². The van der Waals surface area contributed by atoms with Crippen molar-refractivity contribution in [2.75, 3.05) is 0 Å². The molecule has 6 nitrogen and oxygen atoms in total. The summed E-state index contributed by atoms with van der Waals surface area (Å²) >= 11 is 0. The second-order valence-electron chi connectivity index (χ2n) is 28.1. The van der Waals surface area contributed by atoms with Crippen LogP contribution in [0.25, 0.3) is 0 Å². The maximum atomic E-state index is 6.38. The molecule has 0 N–H and O–H groups in total. The van der Waals surface area contributed by atoms with Crippen molar-refractivity contribution in [1.29, 1.82) is 0 Å². The summed E-state index contributed by atoms with van der Waals surface area (Å²) in [5.74, 6) is 4.67. The van der Waals surface area contributed by atoms with Crippen LogP contribution in [0, 0.1) is 0 Å². The molecular formula is C90H140O6P2S. The molecule has 9 heteroatoms. The molecule has 0 aliphatic heterocycles. The van der Waals surface area contributed by atoms with Gasteiger partial charge in [0.15, 0.2) is 0 Å². The Kier molecular flexibility index (Phi) is 52.4. The minimum Gasteiger partial charge on any atom is -0.409 e. The van der Waals surface area contributed by atoms with Crippen molar-refractivity contribution in [2.24, 2.45) is 0 Å². The van der Waals surface area contributed by atoms with E-state index in [9.17, 15) is 0 Å². The number of unbranched alkanes of at least 4 members (excludes halogenated alkanes) is 36. The second-order valence-corrected chi connectivity index (χ2v) is 30.1. The van der Waals surface area contributed by atoms with Crippen molar-refractivity contribution in [3.63, 3.8) is 0 Å². The molecule has 552 valence electrons. The molecule has 0 amide bonds. The Hall–Kier alpha value is -4.67. The normalized spacial score (nSPS) is 11.2. The summed E-state index contributed by atoms with van der Waals surface area (Å²) in [6.45, 7) is 13.7. The van der Waals surface area contributed by atoms with Gasteiger partial charge in [0.05, 0.1) is 0 Å². The van der Waals surface area contributed by atoms with Gasteiger partial charge in [0.2, 0.25) is 0 Å². The van der Waals surface area contributed by atoms with Crippen LogP contribution in [0.3, 0.4) is 0 Å². The first kappa shape index (κ1) is 86.7. The number of hydrogen-bond acceptors (Lipinski definition) is 6. The van der Waals surface area contributed by atoms with Crippen molar-refractivity contribution in [2.45, 2.75) is 350 Å². The van der Waals surface area contributed by atoms with E-state index in [0.29, 0.717) is 0 Å². The van der Waals surface area contributed by atoms with Crippen LogP contribution >= 0.6 is 30.7 Å². The number of rotatable bonds is 60. The molecule has 0 heterocycles. The summed E-state index contributed by atoms with van der Waals surface area (Å²) in [6.07, 6.45) is 62.7. The molecule has 0 spiro atoms. The minimum absolute atomic E-state index is 0. The van der Waals surface area contributed by atoms with Crippen molar-refractivity contribution in [1.82, 2.24) is 0 Å². The summed E-state index contributed by atoms with van der Waals surface area (Å²) in [6, 6.07) is 51.1. The Morgan fingerprint density at radius 3 is 0.394 bits per heavy atom. The fourth-order valence-electron chi connectivity index (χ4n) is 12.6. The molecule has 0 saturated heterocycles. The van der Waals surface area contributed by atoms with Gasteiger partial charge in [0, 0.05) is 0 Å². The van der Waals surface area contributed by atoms with E-state index in [0.717, 1.165) is 73.0 Å². The van der Waals surface area contributed by atoms with Gasteiger partial charge in [-0.05, 0) is 183 Å². The Bertz CT molecular complexity index is 2250. The second kappa shape index (κ2) is 59.8. The topological polar surface area (TPSA) is 55.4 Å². The molecule has 0 atom stereocenters. The molecule has 0 aliphatic carbocycles. The lowest BCUT2D eigenvalue weighted by Gasteiger charge is -2.18. The van der Waals surface area contributed by atoms with Crippen LogP contribution in [-0.4, -0.2) is 0 Å². The zero-order valence-electron chi connectivity index (χ0n) is 63.6. The number of hydrogen-bond donors (Lipinski definition) is 0. The first-order valence-corrected chi connectivity index (χ1v) is 42.8. The quantitative estimate of drug-likeness (QED) is 0.0280. The molecule has 0 aliphatic rings. The average molecular weight is 1410 g/mol. The SMILES string of the molecule is CCCCCCCCCc1ccc(OP(Oc2ccc(CCCCCCCCC)cc2)Oc2ccc(CCCCCCCCC)cc2)cc1.CCCCCCCCCc1ccc(OP(Oc2ccc(CCCCCCCCC)cc2)Oc2ccc(CCCCCCCCC)cc2)cc1.S. The van der Waals surface area contributed by atoms with Crippen LogP contribution in [0.1, 0.15) is 345 Å². The molecule has 6 aromatic rings. The molecule has 99 heavy (non-hydrogen) atoms. The van der Waals surface area contributed by atoms with E-state index < -0.39 is 17.2 Å². The van der Waals surface area contributed by atoms with E-state index >= 15 is 0 Å². The number of benzene rings is 6. The van der Waals surface area contributed by atoms with Crippen molar-refractivity contribution in [3.8, 4) is 34.5 Å². The van der Waals surface area contributed by atoms with Crippen LogP contribution in [0.4, 0.5) is 0 Å². The maximum Gasteiger partial charge on any atom is 0.530 e. The van der Waals surface area contributed by atoms with E-state index in [1.54, 1.807) is 0 Å². The third-order valence-electron chi connectivity index (χ3n) is 19.0. The first-order valence-electron chi connectivity index (χ1n) is 40.6. The highest BCUT2D eigenvalue weighted by Crippen LogP contribution is 2.44. The lowest BCUT2D eigenvalue weighted by Crippen LogP contribution is -2.03. The summed E-state index contributed by atoms with van der Waals surface area (Å²) in [7, 11) is -3.36. The molecule has 0 aromatic heterocycles. The summed E-state index contributed by atoms with van der Waals surface area (Å²) in [5.41, 5.74) is 8.17. The van der Waals surface area contributed by atoms with Gasteiger partial charge in [-0.25, -0.2) is 0 Å². The molecule has 6 aromatic carbocycles. The Labute approximate surface area is 617 Å². The van der Waals surface area contributed by atoms with Crippen LogP contribution in [-0.2, 0) is 38.5 Å². The third-order valence-corrected chi connectivity index (χ3v) is 21.2. The van der Waals surface area contributed by atoms with E-state index in [-0.39, 0.29) is 13.5 Å². The Morgan fingerprint density at radius 1 is 0.162 bits per heavy atom. The third kappa shape index (κ3) is 43.8. The Morgan fingerprint density at radius 2 is 0.273 bits per heavy atom. The van der Waals surface area contributed by atoms with Gasteiger partial charge in [-0.3, -0.25) is 0 Å². The minimum atomic E-state index is -1.68. The predicted octanol–water partition coefficient (Wildman–Crippen LogP) is 30.8. The molecule has 6 rings (SSSR count). The fraction of sp³-hybridized carbons (Fsp3) is 0.600. The highest BCUT2D eigenvalue weighted by Gasteiger charge is 2.22. The molecular weight excluding hydrogens is 1270 g/mol. The van der Waals surface area contributed by atoms with E-state index in [4.69, 9.17) is 27.1 Å². The summed E-state index contributed by atoms with van der Waals surface area (Å²) < 4.78 is 38.3.